The lowest BCUT2D eigenvalue weighted by molar-refractivity contribution is -0.124. The molecule has 1 saturated heterocycles. The number of carbonyl (C=O) groups excluding carboxylic acids is 1. The Hall–Kier alpha value is -1.43. The van der Waals surface area contributed by atoms with E-state index in [1.54, 1.807) is 0 Å². The average molecular weight is 319 g/mol. The largest absolute Gasteiger partial charge is 0.381 e. The van der Waals surface area contributed by atoms with Gasteiger partial charge in [-0.2, -0.15) is 0 Å². The Balaban J connectivity index is 1.84. The maximum atomic E-state index is 12.2. The number of carbonyl (C=O) groups is 1. The van der Waals surface area contributed by atoms with Crippen LogP contribution in [0.25, 0.3) is 0 Å². The van der Waals surface area contributed by atoms with Crippen LogP contribution in [0.2, 0.25) is 0 Å². The Morgan fingerprint density at radius 3 is 2.78 bits per heavy atom. The predicted molar refractivity (Wildman–Crippen MR) is 91.8 cm³/mol. The van der Waals surface area contributed by atoms with Crippen molar-refractivity contribution in [3.05, 3.63) is 35.4 Å². The van der Waals surface area contributed by atoms with E-state index >= 15 is 0 Å². The van der Waals surface area contributed by atoms with Crippen LogP contribution in [-0.2, 0) is 22.6 Å². The van der Waals surface area contributed by atoms with Gasteiger partial charge in [-0.3, -0.25) is 4.79 Å². The van der Waals surface area contributed by atoms with E-state index < -0.39 is 6.04 Å². The van der Waals surface area contributed by atoms with Crippen LogP contribution in [0, 0.1) is 5.92 Å². The number of nitrogens with two attached hydrogens (primary N) is 1. The fourth-order valence-electron chi connectivity index (χ4n) is 2.86. The maximum Gasteiger partial charge on any atom is 0.237 e. The van der Waals surface area contributed by atoms with Crippen molar-refractivity contribution in [2.45, 2.75) is 38.9 Å². The van der Waals surface area contributed by atoms with Crippen molar-refractivity contribution in [2.24, 2.45) is 11.7 Å². The van der Waals surface area contributed by atoms with Gasteiger partial charge in [0, 0.05) is 26.3 Å². The standard InChI is InChI=1S/C18H29N3O2/c1-3-21(2)13-15-6-4-5-14(11-15)12-20-18(22)17(19)16-7-9-23-10-8-16/h4-6,11,16-17H,3,7-10,12-13,19H2,1-2H3,(H,20,22). The van der Waals surface area contributed by atoms with Crippen molar-refractivity contribution < 1.29 is 9.53 Å². The summed E-state index contributed by atoms with van der Waals surface area (Å²) in [5.74, 6) is 0.168. The van der Waals surface area contributed by atoms with Gasteiger partial charge in [-0.05, 0) is 43.5 Å². The maximum absolute atomic E-state index is 12.2. The molecule has 0 radical (unpaired) electrons. The van der Waals surface area contributed by atoms with Crippen molar-refractivity contribution >= 4 is 5.91 Å². The quantitative estimate of drug-likeness (QED) is 0.799. The predicted octanol–water partition coefficient (Wildman–Crippen LogP) is 1.51. The molecule has 1 fully saturated rings. The summed E-state index contributed by atoms with van der Waals surface area (Å²) in [6, 6.07) is 7.90. The van der Waals surface area contributed by atoms with E-state index in [-0.39, 0.29) is 11.8 Å². The number of nitrogens with one attached hydrogen (secondary N) is 1. The van der Waals surface area contributed by atoms with Gasteiger partial charge in [-0.15, -0.1) is 0 Å². The monoisotopic (exact) mass is 319 g/mol. The van der Waals surface area contributed by atoms with Crippen LogP contribution < -0.4 is 11.1 Å². The fourth-order valence-corrected chi connectivity index (χ4v) is 2.86. The van der Waals surface area contributed by atoms with Crippen LogP contribution in [0.3, 0.4) is 0 Å². The molecule has 128 valence electrons. The van der Waals surface area contributed by atoms with Crippen LogP contribution >= 0.6 is 0 Å². The van der Waals surface area contributed by atoms with Gasteiger partial charge >= 0.3 is 0 Å². The minimum Gasteiger partial charge on any atom is -0.381 e. The van der Waals surface area contributed by atoms with Crippen LogP contribution in [0.15, 0.2) is 24.3 Å². The number of ether oxygens (including phenoxy) is 1. The highest BCUT2D eigenvalue weighted by atomic mass is 16.5. The van der Waals surface area contributed by atoms with Gasteiger partial charge in [0.05, 0.1) is 6.04 Å². The molecule has 23 heavy (non-hydrogen) atoms. The summed E-state index contributed by atoms with van der Waals surface area (Å²) < 4.78 is 5.32. The lowest BCUT2D eigenvalue weighted by Gasteiger charge is -2.26. The van der Waals surface area contributed by atoms with Crippen molar-refractivity contribution in [1.29, 1.82) is 0 Å². The van der Waals surface area contributed by atoms with E-state index in [2.05, 4.69) is 36.3 Å². The summed E-state index contributed by atoms with van der Waals surface area (Å²) in [6.07, 6.45) is 1.74. The number of amides is 1. The Kier molecular flexibility index (Phi) is 7.02. The molecule has 5 heteroatoms. The van der Waals surface area contributed by atoms with Gasteiger partial charge in [0.2, 0.25) is 5.91 Å². The number of nitrogens with zero attached hydrogens (tertiary/aromatic N) is 1. The van der Waals surface area contributed by atoms with E-state index in [4.69, 9.17) is 10.5 Å². The Morgan fingerprint density at radius 2 is 2.09 bits per heavy atom. The molecule has 1 heterocycles. The van der Waals surface area contributed by atoms with Crippen LogP contribution in [0.5, 0.6) is 0 Å². The van der Waals surface area contributed by atoms with E-state index in [0.29, 0.717) is 19.8 Å². The summed E-state index contributed by atoms with van der Waals surface area (Å²) in [5.41, 5.74) is 8.47. The van der Waals surface area contributed by atoms with Crippen LogP contribution in [-0.4, -0.2) is 43.7 Å². The molecule has 1 aliphatic heterocycles. The molecule has 1 amide bonds. The first-order valence-corrected chi connectivity index (χ1v) is 8.47. The number of hydrogen-bond acceptors (Lipinski definition) is 4. The SMILES string of the molecule is CCN(C)Cc1cccc(CNC(=O)C(N)C2CCOCC2)c1. The minimum absolute atomic E-state index is 0.0621. The zero-order chi connectivity index (χ0) is 16.7. The molecule has 1 aromatic carbocycles. The third-order valence-corrected chi connectivity index (χ3v) is 4.53. The van der Waals surface area contributed by atoms with Crippen LogP contribution in [0.1, 0.15) is 30.9 Å². The highest BCUT2D eigenvalue weighted by Crippen LogP contribution is 2.17. The Bertz CT molecular complexity index is 501. The highest BCUT2D eigenvalue weighted by molar-refractivity contribution is 5.81. The van der Waals surface area contributed by atoms with Crippen molar-refractivity contribution in [3.63, 3.8) is 0 Å². The van der Waals surface area contributed by atoms with Crippen molar-refractivity contribution in [2.75, 3.05) is 26.8 Å². The first-order chi connectivity index (χ1) is 11.1. The third-order valence-electron chi connectivity index (χ3n) is 4.53. The molecule has 1 aromatic rings. The van der Waals surface area contributed by atoms with Crippen molar-refractivity contribution in [3.8, 4) is 0 Å². The normalized spacial score (nSPS) is 17.2. The van der Waals surface area contributed by atoms with E-state index in [9.17, 15) is 4.79 Å². The summed E-state index contributed by atoms with van der Waals surface area (Å²) >= 11 is 0. The molecule has 5 nitrogen and oxygen atoms in total. The van der Waals surface area contributed by atoms with Gasteiger partial charge < -0.3 is 20.7 Å². The molecule has 0 saturated carbocycles. The van der Waals surface area contributed by atoms with E-state index in [1.807, 2.05) is 12.1 Å². The lowest BCUT2D eigenvalue weighted by Crippen LogP contribution is -2.46. The number of hydrogen-bond donors (Lipinski definition) is 2. The first kappa shape index (κ1) is 17.9. The number of rotatable bonds is 7. The molecule has 1 atom stereocenters. The smallest absolute Gasteiger partial charge is 0.237 e. The topological polar surface area (TPSA) is 67.6 Å². The fraction of sp³-hybridized carbons (Fsp3) is 0.611. The second-order valence-corrected chi connectivity index (χ2v) is 6.34. The molecule has 3 N–H and O–H groups in total. The summed E-state index contributed by atoms with van der Waals surface area (Å²) in [5, 5.41) is 2.97. The molecule has 1 aliphatic rings. The van der Waals surface area contributed by atoms with Crippen LogP contribution in [0.4, 0.5) is 0 Å². The second kappa shape index (κ2) is 9.01. The molecule has 0 spiro atoms. The van der Waals surface area contributed by atoms with Gasteiger partial charge in [0.1, 0.15) is 0 Å². The highest BCUT2D eigenvalue weighted by Gasteiger charge is 2.26. The zero-order valence-electron chi connectivity index (χ0n) is 14.3. The molecule has 1 unspecified atom stereocenters. The Morgan fingerprint density at radius 1 is 1.39 bits per heavy atom. The molecular formula is C18H29N3O2. The zero-order valence-corrected chi connectivity index (χ0v) is 14.3. The van der Waals surface area contributed by atoms with Gasteiger partial charge in [-0.25, -0.2) is 0 Å². The van der Waals surface area contributed by atoms with E-state index in [1.165, 1.54) is 5.56 Å². The van der Waals surface area contributed by atoms with Gasteiger partial charge in [0.25, 0.3) is 0 Å². The number of benzene rings is 1. The summed E-state index contributed by atoms with van der Waals surface area (Å²) in [7, 11) is 2.10. The molecule has 0 aromatic heterocycles. The van der Waals surface area contributed by atoms with E-state index in [0.717, 1.165) is 31.5 Å². The second-order valence-electron chi connectivity index (χ2n) is 6.34. The molecule has 0 bridgehead atoms. The van der Waals surface area contributed by atoms with Gasteiger partial charge in [-0.1, -0.05) is 31.2 Å². The lowest BCUT2D eigenvalue weighted by atomic mass is 9.92. The first-order valence-electron chi connectivity index (χ1n) is 8.47. The Labute approximate surface area is 139 Å². The van der Waals surface area contributed by atoms with Crippen molar-refractivity contribution in [1.82, 2.24) is 10.2 Å². The summed E-state index contributed by atoms with van der Waals surface area (Å²) in [4.78, 5) is 14.5. The summed E-state index contributed by atoms with van der Waals surface area (Å²) in [6.45, 7) is 6.01. The molecule has 0 aliphatic carbocycles. The average Bonchev–Trinajstić information content (AvgIpc) is 2.60. The van der Waals surface area contributed by atoms with Gasteiger partial charge in [0.15, 0.2) is 0 Å². The molecular weight excluding hydrogens is 290 g/mol. The minimum atomic E-state index is -0.437. The molecule has 2 rings (SSSR count). The third kappa shape index (κ3) is 5.61.